The second-order valence-corrected chi connectivity index (χ2v) is 5.36. The molecular formula is C12H16Cl2N6O2. The summed E-state index contributed by atoms with van der Waals surface area (Å²) in [5.74, 6) is 1.22. The minimum absolute atomic E-state index is 0.257. The van der Waals surface area contributed by atoms with E-state index in [9.17, 15) is 9.59 Å². The molecule has 0 atom stereocenters. The third kappa shape index (κ3) is 3.17. The van der Waals surface area contributed by atoms with E-state index in [-0.39, 0.29) is 11.2 Å². The molecule has 2 aromatic heterocycles. The van der Waals surface area contributed by atoms with Gasteiger partial charge in [-0.25, -0.2) is 9.78 Å². The van der Waals surface area contributed by atoms with Gasteiger partial charge in [-0.05, 0) is 0 Å². The zero-order valence-electron chi connectivity index (χ0n) is 12.2. The zero-order valence-corrected chi connectivity index (χ0v) is 13.7. The van der Waals surface area contributed by atoms with Gasteiger partial charge < -0.3 is 4.98 Å². The van der Waals surface area contributed by atoms with Gasteiger partial charge >= 0.3 is 5.69 Å². The molecule has 120 valence electrons. The topological polar surface area (TPSA) is 88.3 Å². The molecule has 0 aliphatic carbocycles. The van der Waals surface area contributed by atoms with Crippen LogP contribution in [0, 0.1) is 0 Å². The summed E-state index contributed by atoms with van der Waals surface area (Å²) in [6, 6.07) is 0. The minimum Gasteiger partial charge on any atom is -0.331 e. The lowest BCUT2D eigenvalue weighted by atomic mass is 10.5. The van der Waals surface area contributed by atoms with E-state index in [0.29, 0.717) is 30.7 Å². The Morgan fingerprint density at radius 1 is 1.23 bits per heavy atom. The van der Waals surface area contributed by atoms with Gasteiger partial charge in [-0.2, -0.15) is 5.10 Å². The first-order valence-electron chi connectivity index (χ1n) is 6.56. The van der Waals surface area contributed by atoms with Crippen molar-refractivity contribution >= 4 is 40.6 Å². The maximum atomic E-state index is 12.0. The Balaban J connectivity index is 2.42. The summed E-state index contributed by atoms with van der Waals surface area (Å²) < 4.78 is 2.33. The number of H-pyrrole nitrogens is 1. The summed E-state index contributed by atoms with van der Waals surface area (Å²) in [6.45, 7) is 1.09. The Labute approximate surface area is 136 Å². The van der Waals surface area contributed by atoms with Crippen LogP contribution in [0.2, 0.25) is 0 Å². The van der Waals surface area contributed by atoms with Gasteiger partial charge in [-0.15, -0.1) is 23.2 Å². The SMILES string of the molecule is Cn1c(=O)c2[nH]c(/C=N/N(CCCl)CCCl)nc2n(C)c1=O. The quantitative estimate of drug-likeness (QED) is 0.455. The van der Waals surface area contributed by atoms with Crippen LogP contribution in [0.3, 0.4) is 0 Å². The van der Waals surface area contributed by atoms with E-state index in [4.69, 9.17) is 23.2 Å². The Bertz CT molecular complexity index is 800. The predicted molar refractivity (Wildman–Crippen MR) is 87.2 cm³/mol. The first kappa shape index (κ1) is 16.6. The molecule has 2 heterocycles. The van der Waals surface area contributed by atoms with E-state index in [2.05, 4.69) is 15.1 Å². The molecule has 0 spiro atoms. The number of aromatic nitrogens is 4. The number of rotatable bonds is 6. The average molecular weight is 347 g/mol. The number of aromatic amines is 1. The van der Waals surface area contributed by atoms with Crippen LogP contribution in [-0.4, -0.2) is 55.2 Å². The van der Waals surface area contributed by atoms with E-state index in [0.717, 1.165) is 4.57 Å². The van der Waals surface area contributed by atoms with Crippen molar-refractivity contribution in [2.24, 2.45) is 19.2 Å². The standard InChI is InChI=1S/C12H16Cl2N6O2/c1-18-10-9(11(21)19(2)12(18)22)16-8(17-10)7-15-20(5-3-13)6-4-14/h7H,3-6H2,1-2H3,(H,16,17)/b15-7+. The summed E-state index contributed by atoms with van der Waals surface area (Å²) in [4.78, 5) is 31.0. The first-order valence-corrected chi connectivity index (χ1v) is 7.63. The van der Waals surface area contributed by atoms with Gasteiger partial charge in [-0.3, -0.25) is 18.9 Å². The van der Waals surface area contributed by atoms with Crippen molar-refractivity contribution in [1.82, 2.24) is 24.1 Å². The molecular weight excluding hydrogens is 331 g/mol. The van der Waals surface area contributed by atoms with E-state index in [1.807, 2.05) is 0 Å². The van der Waals surface area contributed by atoms with Gasteiger partial charge in [0.1, 0.15) is 5.52 Å². The molecule has 1 N–H and O–H groups in total. The maximum absolute atomic E-state index is 12.0. The minimum atomic E-state index is -0.432. The lowest BCUT2D eigenvalue weighted by Gasteiger charge is -2.15. The van der Waals surface area contributed by atoms with E-state index in [1.54, 1.807) is 12.1 Å². The van der Waals surface area contributed by atoms with Crippen molar-refractivity contribution in [2.45, 2.75) is 0 Å². The Morgan fingerprint density at radius 2 is 1.86 bits per heavy atom. The molecule has 0 saturated heterocycles. The molecule has 2 rings (SSSR count). The fourth-order valence-electron chi connectivity index (χ4n) is 1.96. The molecule has 0 bridgehead atoms. The summed E-state index contributed by atoms with van der Waals surface area (Å²) in [7, 11) is 2.97. The molecule has 0 aromatic carbocycles. The van der Waals surface area contributed by atoms with Crippen molar-refractivity contribution in [3.05, 3.63) is 26.7 Å². The summed E-state index contributed by atoms with van der Waals surface area (Å²) in [6.07, 6.45) is 1.48. The van der Waals surface area contributed by atoms with E-state index in [1.165, 1.54) is 17.8 Å². The third-order valence-corrected chi connectivity index (χ3v) is 3.48. The summed E-state index contributed by atoms with van der Waals surface area (Å²) in [5, 5.41) is 5.92. The van der Waals surface area contributed by atoms with E-state index >= 15 is 0 Å². The molecule has 0 radical (unpaired) electrons. The number of alkyl halides is 2. The molecule has 8 nitrogen and oxygen atoms in total. The first-order chi connectivity index (χ1) is 10.5. The van der Waals surface area contributed by atoms with Gasteiger partial charge in [0, 0.05) is 38.9 Å². The van der Waals surface area contributed by atoms with Gasteiger partial charge in [0.05, 0.1) is 6.21 Å². The molecule has 0 unspecified atom stereocenters. The van der Waals surface area contributed by atoms with Crippen molar-refractivity contribution < 1.29 is 0 Å². The third-order valence-electron chi connectivity index (χ3n) is 3.14. The maximum Gasteiger partial charge on any atom is 0.332 e. The largest absolute Gasteiger partial charge is 0.332 e. The Hall–Kier alpha value is -1.80. The Morgan fingerprint density at radius 3 is 2.45 bits per heavy atom. The number of nitrogens with one attached hydrogen (secondary N) is 1. The van der Waals surface area contributed by atoms with Crippen LogP contribution >= 0.6 is 23.2 Å². The number of halogens is 2. The highest BCUT2D eigenvalue weighted by atomic mass is 35.5. The molecule has 0 fully saturated rings. The lowest BCUT2D eigenvalue weighted by Crippen LogP contribution is -2.36. The number of fused-ring (bicyclic) bond motifs is 1. The second kappa shape index (κ2) is 6.97. The van der Waals surface area contributed by atoms with Crippen molar-refractivity contribution in [3.63, 3.8) is 0 Å². The van der Waals surface area contributed by atoms with Gasteiger partial charge in [-0.1, -0.05) is 0 Å². The van der Waals surface area contributed by atoms with Gasteiger partial charge in [0.25, 0.3) is 5.56 Å². The Kier molecular flexibility index (Phi) is 5.25. The average Bonchev–Trinajstić information content (AvgIpc) is 2.93. The highest BCUT2D eigenvalue weighted by molar-refractivity contribution is 6.18. The van der Waals surface area contributed by atoms with Crippen molar-refractivity contribution in [3.8, 4) is 0 Å². The van der Waals surface area contributed by atoms with Crippen LogP contribution in [0.15, 0.2) is 14.7 Å². The van der Waals surface area contributed by atoms with Crippen molar-refractivity contribution in [1.29, 1.82) is 0 Å². The highest BCUT2D eigenvalue weighted by Gasteiger charge is 2.12. The van der Waals surface area contributed by atoms with Gasteiger partial charge in [0.15, 0.2) is 11.5 Å². The molecule has 22 heavy (non-hydrogen) atoms. The summed E-state index contributed by atoms with van der Waals surface area (Å²) >= 11 is 11.4. The zero-order chi connectivity index (χ0) is 16.3. The van der Waals surface area contributed by atoms with Crippen LogP contribution in [0.5, 0.6) is 0 Å². The number of hydrazone groups is 1. The molecule has 10 heteroatoms. The van der Waals surface area contributed by atoms with Crippen LogP contribution in [0.1, 0.15) is 5.82 Å². The van der Waals surface area contributed by atoms with Crippen LogP contribution in [0.4, 0.5) is 0 Å². The second-order valence-electron chi connectivity index (χ2n) is 4.60. The van der Waals surface area contributed by atoms with Crippen LogP contribution in [0.25, 0.3) is 11.2 Å². The number of aryl methyl sites for hydroxylation is 1. The number of nitrogens with zero attached hydrogens (tertiary/aromatic N) is 5. The van der Waals surface area contributed by atoms with Crippen LogP contribution in [-0.2, 0) is 14.1 Å². The molecule has 0 saturated carbocycles. The number of hydrogen-bond acceptors (Lipinski definition) is 5. The molecule has 0 aliphatic rings. The van der Waals surface area contributed by atoms with Crippen molar-refractivity contribution in [2.75, 3.05) is 24.8 Å². The molecule has 0 amide bonds. The highest BCUT2D eigenvalue weighted by Crippen LogP contribution is 2.03. The number of imidazole rings is 1. The molecule has 0 aliphatic heterocycles. The summed E-state index contributed by atoms with van der Waals surface area (Å²) in [5.41, 5.74) is -0.315. The van der Waals surface area contributed by atoms with E-state index < -0.39 is 11.2 Å². The van der Waals surface area contributed by atoms with Crippen LogP contribution < -0.4 is 11.2 Å². The smallest absolute Gasteiger partial charge is 0.331 e. The normalized spacial score (nSPS) is 11.6. The fraction of sp³-hybridized carbons (Fsp3) is 0.500. The monoisotopic (exact) mass is 346 g/mol. The lowest BCUT2D eigenvalue weighted by molar-refractivity contribution is 0.327. The molecule has 2 aromatic rings. The van der Waals surface area contributed by atoms with Gasteiger partial charge in [0.2, 0.25) is 0 Å². The number of hydrogen-bond donors (Lipinski definition) is 1. The predicted octanol–water partition coefficient (Wildman–Crippen LogP) is 0.0738. The fourth-order valence-corrected chi connectivity index (χ4v) is 2.35.